The summed E-state index contributed by atoms with van der Waals surface area (Å²) in [4.78, 5) is 5.55. The van der Waals surface area contributed by atoms with Crippen LogP contribution in [0.1, 0.15) is 22.4 Å². The van der Waals surface area contributed by atoms with Gasteiger partial charge in [0.2, 0.25) is 0 Å². The van der Waals surface area contributed by atoms with Gasteiger partial charge >= 0.3 is 0 Å². The maximum Gasteiger partial charge on any atom is 0.191 e. The quantitative estimate of drug-likeness (QED) is 0.532. The molecule has 1 fully saturated rings. The number of thiophene rings is 1. The zero-order valence-corrected chi connectivity index (χ0v) is 17.5. The second-order valence-electron chi connectivity index (χ2n) is 6.20. The number of benzene rings is 1. The first kappa shape index (κ1) is 19.2. The van der Waals surface area contributed by atoms with Crippen LogP contribution in [0.5, 0.6) is 5.75 Å². The maximum absolute atomic E-state index is 6.16. The van der Waals surface area contributed by atoms with Crippen LogP contribution in [-0.4, -0.2) is 32.3 Å². The van der Waals surface area contributed by atoms with Crippen molar-refractivity contribution in [2.75, 3.05) is 20.3 Å². The van der Waals surface area contributed by atoms with E-state index < -0.39 is 0 Å². The second-order valence-corrected chi connectivity index (χ2v) is 8.75. The van der Waals surface area contributed by atoms with Crippen LogP contribution in [0.15, 0.2) is 39.1 Å². The molecule has 1 aliphatic heterocycles. The molecule has 7 heteroatoms. The number of aryl methyl sites for hydroxylation is 1. The van der Waals surface area contributed by atoms with Crippen molar-refractivity contribution < 1.29 is 9.47 Å². The summed E-state index contributed by atoms with van der Waals surface area (Å²) in [6, 6.07) is 10.5. The standard InChI is InChI=1S/C19H24BrN3O2S/c1-13-3-4-14(17(9-13)25-15-7-8-24-12-15)10-22-19(21-2)23-11-16-5-6-18(20)26-16/h3-6,9,15H,7-8,10-12H2,1-2H3,(H2,21,22,23). The summed E-state index contributed by atoms with van der Waals surface area (Å²) in [5.41, 5.74) is 2.30. The minimum absolute atomic E-state index is 0.144. The number of hydrogen-bond acceptors (Lipinski definition) is 4. The first-order valence-electron chi connectivity index (χ1n) is 8.66. The van der Waals surface area contributed by atoms with E-state index in [1.54, 1.807) is 18.4 Å². The molecule has 0 saturated carbocycles. The predicted molar refractivity (Wildman–Crippen MR) is 110 cm³/mol. The molecule has 1 aromatic heterocycles. The van der Waals surface area contributed by atoms with Gasteiger partial charge in [0.05, 0.1) is 23.5 Å². The van der Waals surface area contributed by atoms with Crippen LogP contribution in [0.3, 0.4) is 0 Å². The number of nitrogens with one attached hydrogen (secondary N) is 2. The molecule has 0 spiro atoms. The van der Waals surface area contributed by atoms with Gasteiger partial charge in [-0.2, -0.15) is 0 Å². The summed E-state index contributed by atoms with van der Waals surface area (Å²) in [6.07, 6.45) is 1.09. The first-order valence-corrected chi connectivity index (χ1v) is 10.3. The average molecular weight is 438 g/mol. The van der Waals surface area contributed by atoms with E-state index in [0.29, 0.717) is 13.2 Å². The summed E-state index contributed by atoms with van der Waals surface area (Å²) in [7, 11) is 1.78. The van der Waals surface area contributed by atoms with E-state index in [2.05, 4.69) is 68.8 Å². The number of hydrogen-bond donors (Lipinski definition) is 2. The van der Waals surface area contributed by atoms with Crippen molar-refractivity contribution in [1.29, 1.82) is 0 Å². The van der Waals surface area contributed by atoms with E-state index in [1.165, 1.54) is 10.4 Å². The lowest BCUT2D eigenvalue weighted by atomic mass is 10.1. The van der Waals surface area contributed by atoms with Crippen LogP contribution in [0.4, 0.5) is 0 Å². The Hall–Kier alpha value is -1.57. The molecule has 1 aliphatic rings. The van der Waals surface area contributed by atoms with Crippen molar-refractivity contribution in [2.24, 2.45) is 4.99 Å². The van der Waals surface area contributed by atoms with Crippen LogP contribution < -0.4 is 15.4 Å². The van der Waals surface area contributed by atoms with Crippen molar-refractivity contribution in [3.63, 3.8) is 0 Å². The monoisotopic (exact) mass is 437 g/mol. The minimum Gasteiger partial charge on any atom is -0.488 e. The lowest BCUT2D eigenvalue weighted by Crippen LogP contribution is -2.36. The van der Waals surface area contributed by atoms with Crippen LogP contribution in [-0.2, 0) is 17.8 Å². The molecule has 1 atom stereocenters. The van der Waals surface area contributed by atoms with Crippen molar-refractivity contribution in [1.82, 2.24) is 10.6 Å². The van der Waals surface area contributed by atoms with Crippen LogP contribution in [0, 0.1) is 6.92 Å². The maximum atomic E-state index is 6.16. The number of aliphatic imine (C=N–C) groups is 1. The number of nitrogens with zero attached hydrogens (tertiary/aromatic N) is 1. The van der Waals surface area contributed by atoms with Gasteiger partial charge in [0.15, 0.2) is 5.96 Å². The van der Waals surface area contributed by atoms with E-state index in [4.69, 9.17) is 9.47 Å². The highest BCUT2D eigenvalue weighted by atomic mass is 79.9. The third-order valence-corrected chi connectivity index (χ3v) is 5.76. The van der Waals surface area contributed by atoms with Gasteiger partial charge in [-0.25, -0.2) is 0 Å². The van der Waals surface area contributed by atoms with E-state index in [0.717, 1.165) is 40.6 Å². The van der Waals surface area contributed by atoms with Crippen molar-refractivity contribution in [3.8, 4) is 5.75 Å². The molecule has 1 unspecified atom stereocenters. The first-order chi connectivity index (χ1) is 12.6. The Morgan fingerprint density at radius 1 is 1.31 bits per heavy atom. The third-order valence-electron chi connectivity index (χ3n) is 4.13. The van der Waals surface area contributed by atoms with Crippen LogP contribution >= 0.6 is 27.3 Å². The zero-order valence-electron chi connectivity index (χ0n) is 15.0. The molecule has 140 valence electrons. The van der Waals surface area contributed by atoms with Crippen molar-refractivity contribution >= 4 is 33.2 Å². The number of rotatable bonds is 6. The molecule has 1 aromatic carbocycles. The number of guanidine groups is 1. The normalized spacial score (nSPS) is 17.3. The molecular formula is C19H24BrN3O2S. The predicted octanol–water partition coefficient (Wildman–Crippen LogP) is 3.85. The Kier molecular flexibility index (Phi) is 6.93. The van der Waals surface area contributed by atoms with Gasteiger partial charge in [-0.3, -0.25) is 4.99 Å². The van der Waals surface area contributed by atoms with Gasteiger partial charge in [-0.15, -0.1) is 11.3 Å². The second kappa shape index (κ2) is 9.39. The lowest BCUT2D eigenvalue weighted by molar-refractivity contribution is 0.140. The number of ether oxygens (including phenoxy) is 2. The molecule has 0 radical (unpaired) electrons. The van der Waals surface area contributed by atoms with Gasteiger partial charge in [0, 0.05) is 30.5 Å². The highest BCUT2D eigenvalue weighted by molar-refractivity contribution is 9.11. The Morgan fingerprint density at radius 3 is 2.85 bits per heavy atom. The smallest absolute Gasteiger partial charge is 0.191 e. The van der Waals surface area contributed by atoms with E-state index in [1.807, 2.05) is 0 Å². The average Bonchev–Trinajstić information content (AvgIpc) is 3.28. The fraction of sp³-hybridized carbons (Fsp3) is 0.421. The SMILES string of the molecule is CN=C(NCc1ccc(Br)s1)NCc1ccc(C)cc1OC1CCOC1. The minimum atomic E-state index is 0.144. The van der Waals surface area contributed by atoms with Crippen molar-refractivity contribution in [2.45, 2.75) is 32.5 Å². The topological polar surface area (TPSA) is 54.9 Å². The molecule has 0 amide bonds. The van der Waals surface area contributed by atoms with Crippen LogP contribution in [0.2, 0.25) is 0 Å². The fourth-order valence-electron chi connectivity index (χ4n) is 2.72. The van der Waals surface area contributed by atoms with E-state index in [-0.39, 0.29) is 6.10 Å². The van der Waals surface area contributed by atoms with Crippen molar-refractivity contribution in [3.05, 3.63) is 50.1 Å². The van der Waals surface area contributed by atoms with Gasteiger partial charge in [0.25, 0.3) is 0 Å². The van der Waals surface area contributed by atoms with Gasteiger partial charge < -0.3 is 20.1 Å². The highest BCUT2D eigenvalue weighted by Gasteiger charge is 2.18. The van der Waals surface area contributed by atoms with E-state index in [9.17, 15) is 0 Å². The zero-order chi connectivity index (χ0) is 18.4. The summed E-state index contributed by atoms with van der Waals surface area (Å²) in [5, 5.41) is 6.71. The van der Waals surface area contributed by atoms with Crippen LogP contribution in [0.25, 0.3) is 0 Å². The lowest BCUT2D eigenvalue weighted by Gasteiger charge is -2.18. The molecule has 2 aromatic rings. The highest BCUT2D eigenvalue weighted by Crippen LogP contribution is 2.24. The molecule has 2 heterocycles. The van der Waals surface area contributed by atoms with Gasteiger partial charge in [-0.05, 0) is 46.6 Å². The molecule has 5 nitrogen and oxygen atoms in total. The molecule has 3 rings (SSSR count). The Balaban J connectivity index is 1.58. The fourth-order valence-corrected chi connectivity index (χ4v) is 4.14. The molecule has 0 aliphatic carbocycles. The molecule has 1 saturated heterocycles. The Labute approximate surface area is 166 Å². The Morgan fingerprint density at radius 2 is 2.15 bits per heavy atom. The molecule has 26 heavy (non-hydrogen) atoms. The van der Waals surface area contributed by atoms with Gasteiger partial charge in [0.1, 0.15) is 11.9 Å². The number of halogens is 1. The summed E-state index contributed by atoms with van der Waals surface area (Å²) in [6.45, 7) is 4.92. The summed E-state index contributed by atoms with van der Waals surface area (Å²) < 4.78 is 12.7. The Bertz CT molecular complexity index is 757. The summed E-state index contributed by atoms with van der Waals surface area (Å²) >= 11 is 5.21. The molecule has 0 bridgehead atoms. The molecule has 2 N–H and O–H groups in total. The largest absolute Gasteiger partial charge is 0.488 e. The molecular weight excluding hydrogens is 414 g/mol. The summed E-state index contributed by atoms with van der Waals surface area (Å²) in [5.74, 6) is 1.69. The van der Waals surface area contributed by atoms with E-state index >= 15 is 0 Å². The van der Waals surface area contributed by atoms with Gasteiger partial charge in [-0.1, -0.05) is 12.1 Å². The third kappa shape index (κ3) is 5.46.